The number of ether oxygens (including phenoxy) is 1. The molecule has 0 bridgehead atoms. The number of aromatic amines is 1. The summed E-state index contributed by atoms with van der Waals surface area (Å²) < 4.78 is 31.5. The van der Waals surface area contributed by atoms with Gasteiger partial charge in [0.1, 0.15) is 6.33 Å². The minimum absolute atomic E-state index is 0.146. The molecule has 8 nitrogen and oxygen atoms in total. The summed E-state index contributed by atoms with van der Waals surface area (Å²) >= 11 is 0. The Balaban J connectivity index is 1.56. The fourth-order valence-electron chi connectivity index (χ4n) is 2.65. The van der Waals surface area contributed by atoms with Crippen molar-refractivity contribution in [2.45, 2.75) is 6.42 Å². The molecule has 0 aromatic carbocycles. The van der Waals surface area contributed by atoms with E-state index < -0.39 is 10.0 Å². The third-order valence-electron chi connectivity index (χ3n) is 3.80. The molecule has 1 aromatic heterocycles. The quantitative estimate of drug-likeness (QED) is 0.790. The number of nitrogens with one attached hydrogen (secondary N) is 1. The van der Waals surface area contributed by atoms with Gasteiger partial charge in [-0.15, -0.1) is 0 Å². The molecule has 0 aliphatic carbocycles. The van der Waals surface area contributed by atoms with E-state index in [1.165, 1.54) is 6.33 Å². The Kier molecular flexibility index (Phi) is 3.90. The molecule has 2 fully saturated rings. The molecule has 2 aliphatic heterocycles. The van der Waals surface area contributed by atoms with Gasteiger partial charge in [-0.1, -0.05) is 0 Å². The maximum atomic E-state index is 12.4. The molecule has 112 valence electrons. The van der Waals surface area contributed by atoms with Gasteiger partial charge in [0, 0.05) is 32.8 Å². The molecule has 3 rings (SSSR count). The van der Waals surface area contributed by atoms with Crippen molar-refractivity contribution >= 4 is 16.0 Å². The SMILES string of the molecule is O=S(=O)(CC1CCOC1)N1CCN(c2ncn[nH]2)CC1. The van der Waals surface area contributed by atoms with E-state index in [4.69, 9.17) is 4.74 Å². The van der Waals surface area contributed by atoms with Crippen molar-refractivity contribution in [3.63, 3.8) is 0 Å². The zero-order valence-corrected chi connectivity index (χ0v) is 12.0. The van der Waals surface area contributed by atoms with Crippen LogP contribution in [0.5, 0.6) is 0 Å². The molecule has 1 atom stereocenters. The molecule has 9 heteroatoms. The predicted octanol–water partition coefficient (Wildman–Crippen LogP) is -0.707. The molecule has 1 aromatic rings. The number of rotatable bonds is 4. The topological polar surface area (TPSA) is 91.4 Å². The maximum absolute atomic E-state index is 12.4. The van der Waals surface area contributed by atoms with E-state index in [0.717, 1.165) is 6.42 Å². The van der Waals surface area contributed by atoms with Gasteiger partial charge in [-0.05, 0) is 12.3 Å². The van der Waals surface area contributed by atoms with Gasteiger partial charge in [-0.3, -0.25) is 0 Å². The second kappa shape index (κ2) is 5.66. The monoisotopic (exact) mass is 301 g/mol. The lowest BCUT2D eigenvalue weighted by Gasteiger charge is -2.34. The lowest BCUT2D eigenvalue weighted by molar-refractivity contribution is 0.188. The van der Waals surface area contributed by atoms with Crippen molar-refractivity contribution in [2.24, 2.45) is 5.92 Å². The number of piperazine rings is 1. The van der Waals surface area contributed by atoms with Gasteiger partial charge in [0.15, 0.2) is 0 Å². The minimum atomic E-state index is -3.18. The minimum Gasteiger partial charge on any atom is -0.381 e. The number of hydrogen-bond donors (Lipinski definition) is 1. The van der Waals surface area contributed by atoms with Crippen LogP contribution in [0.1, 0.15) is 6.42 Å². The van der Waals surface area contributed by atoms with Crippen LogP contribution in [-0.2, 0) is 14.8 Å². The standard InChI is InChI=1S/C11H19N5O3S/c17-20(18,8-10-1-6-19-7-10)16-4-2-15(3-5-16)11-12-9-13-14-11/h9-10H,1-8H2,(H,12,13,14). The number of H-pyrrole nitrogens is 1. The van der Waals surface area contributed by atoms with Crippen LogP contribution in [-0.4, -0.2) is 73.0 Å². The second-order valence-electron chi connectivity index (χ2n) is 5.20. The first-order valence-corrected chi connectivity index (χ1v) is 8.42. The van der Waals surface area contributed by atoms with Gasteiger partial charge >= 0.3 is 0 Å². The zero-order valence-electron chi connectivity index (χ0n) is 11.2. The molecule has 2 saturated heterocycles. The molecule has 20 heavy (non-hydrogen) atoms. The first-order valence-electron chi connectivity index (χ1n) is 6.81. The highest BCUT2D eigenvalue weighted by atomic mass is 32.2. The summed E-state index contributed by atoms with van der Waals surface area (Å²) in [6, 6.07) is 0. The van der Waals surface area contributed by atoms with Gasteiger partial charge in [0.2, 0.25) is 16.0 Å². The molecular weight excluding hydrogens is 282 g/mol. The van der Waals surface area contributed by atoms with Gasteiger partial charge < -0.3 is 9.64 Å². The van der Waals surface area contributed by atoms with Crippen LogP contribution < -0.4 is 4.90 Å². The third-order valence-corrected chi connectivity index (χ3v) is 5.85. The van der Waals surface area contributed by atoms with Crippen molar-refractivity contribution in [1.82, 2.24) is 19.5 Å². The van der Waals surface area contributed by atoms with Gasteiger partial charge in [-0.2, -0.15) is 14.4 Å². The van der Waals surface area contributed by atoms with Crippen LogP contribution in [0.4, 0.5) is 5.95 Å². The Hall–Kier alpha value is -1.19. The average molecular weight is 301 g/mol. The van der Waals surface area contributed by atoms with Gasteiger partial charge in [0.05, 0.1) is 12.4 Å². The molecular formula is C11H19N5O3S. The van der Waals surface area contributed by atoms with Gasteiger partial charge in [-0.25, -0.2) is 13.5 Å². The zero-order chi connectivity index (χ0) is 14.0. The molecule has 0 amide bonds. The van der Waals surface area contributed by atoms with Crippen molar-refractivity contribution in [1.29, 1.82) is 0 Å². The molecule has 2 aliphatic rings. The van der Waals surface area contributed by atoms with E-state index in [2.05, 4.69) is 15.2 Å². The summed E-state index contributed by atoms with van der Waals surface area (Å²) in [5.41, 5.74) is 0. The Morgan fingerprint density at radius 3 is 2.75 bits per heavy atom. The Bertz CT molecular complexity index is 518. The molecule has 0 saturated carbocycles. The normalized spacial score (nSPS) is 25.2. The van der Waals surface area contributed by atoms with Gasteiger partial charge in [0.25, 0.3) is 0 Å². The molecule has 3 heterocycles. The van der Waals surface area contributed by atoms with Crippen LogP contribution in [0.2, 0.25) is 0 Å². The molecule has 0 radical (unpaired) electrons. The highest BCUT2D eigenvalue weighted by Gasteiger charge is 2.31. The van der Waals surface area contributed by atoms with E-state index in [1.807, 2.05) is 4.90 Å². The van der Waals surface area contributed by atoms with Crippen LogP contribution in [0.25, 0.3) is 0 Å². The number of hydrogen-bond acceptors (Lipinski definition) is 6. The number of nitrogens with zero attached hydrogens (tertiary/aromatic N) is 4. The summed E-state index contributed by atoms with van der Waals surface area (Å²) in [4.78, 5) is 6.10. The fourth-order valence-corrected chi connectivity index (χ4v) is 4.44. The van der Waals surface area contributed by atoms with Crippen LogP contribution in [0.3, 0.4) is 0 Å². The summed E-state index contributed by atoms with van der Waals surface area (Å²) in [6.07, 6.45) is 2.30. The Morgan fingerprint density at radius 1 is 1.35 bits per heavy atom. The largest absolute Gasteiger partial charge is 0.381 e. The molecule has 1 unspecified atom stereocenters. The first-order chi connectivity index (χ1) is 9.65. The number of aromatic nitrogens is 3. The van der Waals surface area contributed by atoms with E-state index in [0.29, 0.717) is 45.3 Å². The fraction of sp³-hybridized carbons (Fsp3) is 0.818. The van der Waals surface area contributed by atoms with Crippen molar-refractivity contribution in [3.8, 4) is 0 Å². The van der Waals surface area contributed by atoms with E-state index in [-0.39, 0.29) is 11.7 Å². The van der Waals surface area contributed by atoms with Crippen molar-refractivity contribution in [3.05, 3.63) is 6.33 Å². The second-order valence-corrected chi connectivity index (χ2v) is 7.22. The van der Waals surface area contributed by atoms with Crippen molar-refractivity contribution < 1.29 is 13.2 Å². The van der Waals surface area contributed by atoms with E-state index in [1.54, 1.807) is 4.31 Å². The highest BCUT2D eigenvalue weighted by Crippen LogP contribution is 2.19. The van der Waals surface area contributed by atoms with E-state index >= 15 is 0 Å². The molecule has 1 N–H and O–H groups in total. The summed E-state index contributed by atoms with van der Waals surface area (Å²) in [5, 5.41) is 6.61. The maximum Gasteiger partial charge on any atom is 0.221 e. The summed E-state index contributed by atoms with van der Waals surface area (Å²) in [7, 11) is -3.18. The average Bonchev–Trinajstić information content (AvgIpc) is 3.11. The Morgan fingerprint density at radius 2 is 2.15 bits per heavy atom. The van der Waals surface area contributed by atoms with Crippen LogP contribution >= 0.6 is 0 Å². The van der Waals surface area contributed by atoms with Crippen molar-refractivity contribution in [2.75, 3.05) is 50.0 Å². The van der Waals surface area contributed by atoms with Crippen LogP contribution in [0, 0.1) is 5.92 Å². The lowest BCUT2D eigenvalue weighted by atomic mass is 10.2. The van der Waals surface area contributed by atoms with Crippen LogP contribution in [0.15, 0.2) is 6.33 Å². The summed E-state index contributed by atoms with van der Waals surface area (Å²) in [5.74, 6) is 1.05. The summed E-state index contributed by atoms with van der Waals surface area (Å²) in [6.45, 7) is 3.51. The Labute approximate surface area is 118 Å². The highest BCUT2D eigenvalue weighted by molar-refractivity contribution is 7.89. The predicted molar refractivity (Wildman–Crippen MR) is 72.9 cm³/mol. The van der Waals surface area contributed by atoms with E-state index in [9.17, 15) is 8.42 Å². The first kappa shape index (κ1) is 13.8. The molecule has 0 spiro atoms. The third kappa shape index (κ3) is 2.94. The number of anilines is 1. The number of sulfonamides is 1. The smallest absolute Gasteiger partial charge is 0.221 e. The lowest BCUT2D eigenvalue weighted by Crippen LogP contribution is -2.50.